The Bertz CT molecular complexity index is 610. The standard InChI is InChI=1S/C16H15BrFNO/c1-11-2-5-13(10-15(11)18)16(20)19-14-6-3-12(4-7-14)8-9-17/h2-7,10H,8-9H2,1H3,(H,19,20). The molecule has 0 heterocycles. The summed E-state index contributed by atoms with van der Waals surface area (Å²) >= 11 is 3.38. The Labute approximate surface area is 126 Å². The second kappa shape index (κ2) is 6.66. The van der Waals surface area contributed by atoms with Crippen LogP contribution in [0.1, 0.15) is 21.5 Å². The first-order valence-corrected chi connectivity index (χ1v) is 7.44. The predicted molar refractivity (Wildman–Crippen MR) is 83.0 cm³/mol. The lowest BCUT2D eigenvalue weighted by molar-refractivity contribution is 0.102. The van der Waals surface area contributed by atoms with E-state index < -0.39 is 0 Å². The molecule has 2 rings (SSSR count). The summed E-state index contributed by atoms with van der Waals surface area (Å²) in [6.07, 6.45) is 0.942. The third kappa shape index (κ3) is 3.67. The monoisotopic (exact) mass is 335 g/mol. The Balaban J connectivity index is 2.08. The van der Waals surface area contributed by atoms with Crippen LogP contribution in [0.2, 0.25) is 0 Å². The van der Waals surface area contributed by atoms with Crippen molar-refractivity contribution in [3.63, 3.8) is 0 Å². The number of carbonyl (C=O) groups excluding carboxylic acids is 1. The highest BCUT2D eigenvalue weighted by atomic mass is 79.9. The molecule has 0 aliphatic heterocycles. The molecule has 0 atom stereocenters. The van der Waals surface area contributed by atoms with Gasteiger partial charge in [0.25, 0.3) is 5.91 Å². The van der Waals surface area contributed by atoms with Crippen LogP contribution >= 0.6 is 15.9 Å². The fourth-order valence-corrected chi connectivity index (χ4v) is 2.26. The molecule has 0 saturated carbocycles. The van der Waals surface area contributed by atoms with E-state index in [-0.39, 0.29) is 11.7 Å². The van der Waals surface area contributed by atoms with Crippen molar-refractivity contribution >= 4 is 27.5 Å². The number of anilines is 1. The molecule has 0 fully saturated rings. The van der Waals surface area contributed by atoms with Gasteiger partial charge in [-0.25, -0.2) is 4.39 Å². The van der Waals surface area contributed by atoms with Crippen LogP contribution in [0.15, 0.2) is 42.5 Å². The van der Waals surface area contributed by atoms with Crippen LogP contribution in [-0.4, -0.2) is 11.2 Å². The number of halogens is 2. The average molecular weight is 336 g/mol. The van der Waals surface area contributed by atoms with Gasteiger partial charge in [0.1, 0.15) is 5.82 Å². The van der Waals surface area contributed by atoms with Crippen molar-refractivity contribution < 1.29 is 9.18 Å². The third-order valence-corrected chi connectivity index (χ3v) is 3.43. The summed E-state index contributed by atoms with van der Waals surface area (Å²) in [6.45, 7) is 1.67. The zero-order valence-electron chi connectivity index (χ0n) is 11.1. The molecule has 0 bridgehead atoms. The predicted octanol–water partition coefficient (Wildman–Crippen LogP) is 4.32. The molecule has 0 radical (unpaired) electrons. The van der Waals surface area contributed by atoms with Crippen LogP contribution in [0.25, 0.3) is 0 Å². The maximum absolute atomic E-state index is 13.4. The molecular weight excluding hydrogens is 321 g/mol. The third-order valence-electron chi connectivity index (χ3n) is 3.03. The molecule has 4 heteroatoms. The fraction of sp³-hybridized carbons (Fsp3) is 0.188. The molecule has 1 amide bonds. The van der Waals surface area contributed by atoms with Crippen LogP contribution in [0.4, 0.5) is 10.1 Å². The van der Waals surface area contributed by atoms with E-state index in [4.69, 9.17) is 0 Å². The lowest BCUT2D eigenvalue weighted by atomic mass is 10.1. The van der Waals surface area contributed by atoms with Crippen LogP contribution in [0, 0.1) is 12.7 Å². The molecule has 2 aromatic rings. The van der Waals surface area contributed by atoms with Crippen LogP contribution < -0.4 is 5.32 Å². The van der Waals surface area contributed by atoms with Gasteiger partial charge in [-0.2, -0.15) is 0 Å². The summed E-state index contributed by atoms with van der Waals surface area (Å²) in [4.78, 5) is 12.0. The summed E-state index contributed by atoms with van der Waals surface area (Å²) in [7, 11) is 0. The summed E-state index contributed by atoms with van der Waals surface area (Å²) in [5, 5.41) is 3.66. The number of hydrogen-bond acceptors (Lipinski definition) is 1. The topological polar surface area (TPSA) is 29.1 Å². The molecule has 2 nitrogen and oxygen atoms in total. The Morgan fingerprint density at radius 2 is 1.90 bits per heavy atom. The van der Waals surface area contributed by atoms with Gasteiger partial charge in [-0.05, 0) is 48.7 Å². The average Bonchev–Trinajstić information content (AvgIpc) is 2.44. The number of aryl methyl sites for hydroxylation is 2. The molecule has 0 aliphatic carbocycles. The van der Waals surface area contributed by atoms with Crippen molar-refractivity contribution in [3.05, 3.63) is 65.0 Å². The second-order valence-electron chi connectivity index (χ2n) is 4.55. The molecule has 20 heavy (non-hydrogen) atoms. The molecule has 1 N–H and O–H groups in total. The normalized spacial score (nSPS) is 10.3. The number of nitrogens with one attached hydrogen (secondary N) is 1. The highest BCUT2D eigenvalue weighted by molar-refractivity contribution is 9.09. The summed E-state index contributed by atoms with van der Waals surface area (Å²) in [6, 6.07) is 12.1. The number of amides is 1. The maximum atomic E-state index is 13.4. The Kier molecular flexibility index (Phi) is 4.90. The zero-order chi connectivity index (χ0) is 14.5. The number of benzene rings is 2. The Hall–Kier alpha value is -1.68. The van der Waals surface area contributed by atoms with Crippen LogP contribution in [0.3, 0.4) is 0 Å². The van der Waals surface area contributed by atoms with E-state index in [1.54, 1.807) is 19.1 Å². The molecule has 2 aromatic carbocycles. The van der Waals surface area contributed by atoms with Crippen LogP contribution in [-0.2, 0) is 6.42 Å². The Morgan fingerprint density at radius 1 is 1.20 bits per heavy atom. The number of carbonyl (C=O) groups is 1. The van der Waals surface area contributed by atoms with Gasteiger partial charge in [-0.1, -0.05) is 34.1 Å². The highest BCUT2D eigenvalue weighted by Gasteiger charge is 2.08. The quantitative estimate of drug-likeness (QED) is 0.828. The number of hydrogen-bond donors (Lipinski definition) is 1. The Morgan fingerprint density at radius 3 is 2.50 bits per heavy atom. The zero-order valence-corrected chi connectivity index (χ0v) is 12.7. The minimum Gasteiger partial charge on any atom is -0.322 e. The summed E-state index contributed by atoms with van der Waals surface area (Å²) < 4.78 is 13.4. The molecule has 0 aromatic heterocycles. The SMILES string of the molecule is Cc1ccc(C(=O)Nc2ccc(CCBr)cc2)cc1F. The minimum atomic E-state index is -0.370. The minimum absolute atomic E-state index is 0.308. The highest BCUT2D eigenvalue weighted by Crippen LogP contribution is 2.14. The number of rotatable bonds is 4. The first-order chi connectivity index (χ1) is 9.60. The van der Waals surface area contributed by atoms with Crippen molar-refractivity contribution in [2.45, 2.75) is 13.3 Å². The van der Waals surface area contributed by atoms with Gasteiger partial charge < -0.3 is 5.32 Å². The van der Waals surface area contributed by atoms with E-state index >= 15 is 0 Å². The van der Waals surface area contributed by atoms with E-state index in [0.717, 1.165) is 11.8 Å². The van der Waals surface area contributed by atoms with E-state index in [0.29, 0.717) is 16.8 Å². The lowest BCUT2D eigenvalue weighted by Crippen LogP contribution is -2.12. The van der Waals surface area contributed by atoms with Gasteiger partial charge in [0.15, 0.2) is 0 Å². The second-order valence-corrected chi connectivity index (χ2v) is 5.35. The molecule has 104 valence electrons. The molecule has 0 spiro atoms. The van der Waals surface area contributed by atoms with Crippen LogP contribution in [0.5, 0.6) is 0 Å². The summed E-state index contributed by atoms with van der Waals surface area (Å²) in [5.41, 5.74) is 2.74. The van der Waals surface area contributed by atoms with E-state index in [1.807, 2.05) is 24.3 Å². The maximum Gasteiger partial charge on any atom is 0.255 e. The number of alkyl halides is 1. The van der Waals surface area contributed by atoms with Crippen molar-refractivity contribution in [3.8, 4) is 0 Å². The van der Waals surface area contributed by atoms with Crippen molar-refractivity contribution in [2.75, 3.05) is 10.6 Å². The van der Waals surface area contributed by atoms with E-state index in [2.05, 4.69) is 21.2 Å². The van der Waals surface area contributed by atoms with E-state index in [9.17, 15) is 9.18 Å². The fourth-order valence-electron chi connectivity index (χ4n) is 1.80. The molecule has 0 unspecified atom stereocenters. The smallest absolute Gasteiger partial charge is 0.255 e. The summed E-state index contributed by atoms with van der Waals surface area (Å²) in [5.74, 6) is -0.678. The van der Waals surface area contributed by atoms with Gasteiger partial charge in [0.05, 0.1) is 0 Å². The van der Waals surface area contributed by atoms with Gasteiger partial charge in [-0.3, -0.25) is 4.79 Å². The van der Waals surface area contributed by atoms with Gasteiger partial charge in [-0.15, -0.1) is 0 Å². The van der Waals surface area contributed by atoms with Gasteiger partial charge >= 0.3 is 0 Å². The largest absolute Gasteiger partial charge is 0.322 e. The first kappa shape index (κ1) is 14.7. The lowest BCUT2D eigenvalue weighted by Gasteiger charge is -2.07. The molecule has 0 saturated heterocycles. The van der Waals surface area contributed by atoms with Crippen molar-refractivity contribution in [1.82, 2.24) is 0 Å². The van der Waals surface area contributed by atoms with Crippen molar-refractivity contribution in [1.29, 1.82) is 0 Å². The molecule has 0 aliphatic rings. The van der Waals surface area contributed by atoms with Gasteiger partial charge in [0.2, 0.25) is 0 Å². The van der Waals surface area contributed by atoms with Crippen molar-refractivity contribution in [2.24, 2.45) is 0 Å². The molecular formula is C16H15BrFNO. The van der Waals surface area contributed by atoms with Gasteiger partial charge in [0, 0.05) is 16.6 Å². The van der Waals surface area contributed by atoms with E-state index in [1.165, 1.54) is 11.6 Å². The first-order valence-electron chi connectivity index (χ1n) is 6.32.